The van der Waals surface area contributed by atoms with Gasteiger partial charge in [-0.2, -0.15) is 0 Å². The van der Waals surface area contributed by atoms with Crippen molar-refractivity contribution in [1.29, 1.82) is 0 Å². The molecule has 0 spiro atoms. The van der Waals surface area contributed by atoms with E-state index in [1.54, 1.807) is 7.11 Å². The maximum Gasteiger partial charge on any atom is 0.254 e. The van der Waals surface area contributed by atoms with Crippen LogP contribution in [0.25, 0.3) is 0 Å². The molecule has 1 heterocycles. The van der Waals surface area contributed by atoms with Gasteiger partial charge in [-0.25, -0.2) is 0 Å². The number of carbonyl (C=O) groups is 1. The van der Waals surface area contributed by atoms with Crippen molar-refractivity contribution in [2.45, 2.75) is 36.4 Å². The van der Waals surface area contributed by atoms with E-state index in [1.807, 2.05) is 64.8 Å². The summed E-state index contributed by atoms with van der Waals surface area (Å²) in [5.74, 6) is 3.45. The summed E-state index contributed by atoms with van der Waals surface area (Å²) >= 11 is 4.03. The van der Waals surface area contributed by atoms with Crippen molar-refractivity contribution in [2.75, 3.05) is 18.6 Å². The van der Waals surface area contributed by atoms with Crippen molar-refractivity contribution in [1.82, 2.24) is 4.90 Å². The zero-order chi connectivity index (χ0) is 18.6. The van der Waals surface area contributed by atoms with E-state index in [0.29, 0.717) is 17.2 Å². The van der Waals surface area contributed by atoms with Gasteiger partial charge in [-0.05, 0) is 66.2 Å². The number of thioether (sulfide) groups is 2. The van der Waals surface area contributed by atoms with Gasteiger partial charge >= 0.3 is 0 Å². The lowest BCUT2D eigenvalue weighted by molar-refractivity contribution is 0.0730. The molecule has 2 fully saturated rings. The highest BCUT2D eigenvalue weighted by Crippen LogP contribution is 2.43. The Morgan fingerprint density at radius 2 is 1.70 bits per heavy atom. The topological polar surface area (TPSA) is 29.5 Å². The van der Waals surface area contributed by atoms with Crippen LogP contribution in [0.3, 0.4) is 0 Å². The summed E-state index contributed by atoms with van der Waals surface area (Å²) in [4.78, 5) is 15.2. The van der Waals surface area contributed by atoms with E-state index in [-0.39, 0.29) is 5.91 Å². The van der Waals surface area contributed by atoms with Crippen LogP contribution in [0.4, 0.5) is 0 Å². The Hall–Kier alpha value is -1.59. The van der Waals surface area contributed by atoms with Crippen molar-refractivity contribution < 1.29 is 9.53 Å². The molecule has 1 aliphatic heterocycles. The molecule has 2 aromatic rings. The maximum atomic E-state index is 13.1. The highest BCUT2D eigenvalue weighted by Gasteiger charge is 2.33. The van der Waals surface area contributed by atoms with Crippen molar-refractivity contribution in [3.8, 4) is 5.75 Å². The second-order valence-corrected chi connectivity index (χ2v) is 9.79. The summed E-state index contributed by atoms with van der Waals surface area (Å²) in [5.41, 5.74) is 3.27. The number of nitrogens with zero attached hydrogens (tertiary/aromatic N) is 1. The van der Waals surface area contributed by atoms with E-state index < -0.39 is 0 Å². The van der Waals surface area contributed by atoms with Crippen molar-refractivity contribution >= 4 is 29.4 Å². The number of methoxy groups -OCH3 is 1. The zero-order valence-corrected chi connectivity index (χ0v) is 17.2. The molecular formula is C22H25NO2S2. The zero-order valence-electron chi connectivity index (χ0n) is 15.6. The lowest BCUT2D eigenvalue weighted by Crippen LogP contribution is -2.32. The molecule has 5 heteroatoms. The molecule has 4 rings (SSSR count). The van der Waals surface area contributed by atoms with Crippen LogP contribution in [0.5, 0.6) is 5.75 Å². The first-order valence-electron chi connectivity index (χ1n) is 9.51. The largest absolute Gasteiger partial charge is 0.497 e. The Bertz CT molecular complexity index is 766. The van der Waals surface area contributed by atoms with Gasteiger partial charge in [0.25, 0.3) is 5.91 Å². The molecule has 0 radical (unpaired) electrons. The van der Waals surface area contributed by atoms with Gasteiger partial charge in [0.15, 0.2) is 0 Å². The molecule has 3 nitrogen and oxygen atoms in total. The first-order chi connectivity index (χ1) is 13.2. The van der Waals surface area contributed by atoms with Crippen molar-refractivity contribution in [3.05, 3.63) is 65.2 Å². The molecule has 2 aromatic carbocycles. The van der Waals surface area contributed by atoms with Gasteiger partial charge in [0.1, 0.15) is 5.75 Å². The fraction of sp³-hybridized carbons (Fsp3) is 0.409. The smallest absolute Gasteiger partial charge is 0.254 e. The van der Waals surface area contributed by atoms with E-state index in [4.69, 9.17) is 4.74 Å². The second-order valence-electron chi connectivity index (χ2n) is 7.06. The van der Waals surface area contributed by atoms with Crippen LogP contribution in [-0.4, -0.2) is 35.5 Å². The monoisotopic (exact) mass is 399 g/mol. The lowest BCUT2D eigenvalue weighted by Gasteiger charge is -2.24. The Labute approximate surface area is 169 Å². The molecule has 142 valence electrons. The standard InChI is InChI=1S/C22H25NO2S2/c1-25-20-11-3-16(4-12-20)15-23(19-9-10-19)21(24)17-5-7-18(8-6-17)22-26-13-2-14-27-22/h3-8,11-12,19,22H,2,9-10,13-15H2,1H3. The summed E-state index contributed by atoms with van der Waals surface area (Å²) in [6.07, 6.45) is 3.51. The third-order valence-electron chi connectivity index (χ3n) is 5.02. The fourth-order valence-electron chi connectivity index (χ4n) is 3.31. The van der Waals surface area contributed by atoms with Crippen LogP contribution in [0.1, 0.15) is 45.3 Å². The molecule has 0 N–H and O–H groups in total. The van der Waals surface area contributed by atoms with E-state index >= 15 is 0 Å². The van der Waals surface area contributed by atoms with E-state index in [1.165, 1.54) is 23.5 Å². The van der Waals surface area contributed by atoms with Crippen LogP contribution in [0.15, 0.2) is 48.5 Å². The molecule has 1 aliphatic carbocycles. The van der Waals surface area contributed by atoms with Crippen molar-refractivity contribution in [2.24, 2.45) is 0 Å². The predicted octanol–water partition coefficient (Wildman–Crippen LogP) is 5.37. The fourth-order valence-corrected chi connectivity index (χ4v) is 6.20. The normalized spacial score (nSPS) is 17.5. The molecular weight excluding hydrogens is 374 g/mol. The van der Waals surface area contributed by atoms with Crippen LogP contribution < -0.4 is 4.74 Å². The summed E-state index contributed by atoms with van der Waals surface area (Å²) in [6, 6.07) is 16.7. The minimum Gasteiger partial charge on any atom is -0.497 e. The number of rotatable bonds is 6. The van der Waals surface area contributed by atoms with Gasteiger partial charge in [-0.3, -0.25) is 4.79 Å². The van der Waals surface area contributed by atoms with Crippen LogP contribution >= 0.6 is 23.5 Å². The van der Waals surface area contributed by atoms with Gasteiger partial charge in [-0.1, -0.05) is 24.3 Å². The molecule has 0 atom stereocenters. The summed E-state index contributed by atoms with van der Waals surface area (Å²) < 4.78 is 5.74. The Morgan fingerprint density at radius 3 is 2.30 bits per heavy atom. The SMILES string of the molecule is COc1ccc(CN(C(=O)c2ccc(C3SCCCS3)cc2)C2CC2)cc1. The minimum absolute atomic E-state index is 0.142. The average Bonchev–Trinajstić information content (AvgIpc) is 3.58. The molecule has 1 saturated carbocycles. The number of carbonyl (C=O) groups excluding carboxylic acids is 1. The van der Waals surface area contributed by atoms with Crippen molar-refractivity contribution in [3.63, 3.8) is 0 Å². The minimum atomic E-state index is 0.142. The summed E-state index contributed by atoms with van der Waals surface area (Å²) in [5, 5.41) is 0. The van der Waals surface area contributed by atoms with Crippen LogP contribution in [0.2, 0.25) is 0 Å². The Kier molecular flexibility index (Phi) is 5.98. The van der Waals surface area contributed by atoms with Gasteiger partial charge in [-0.15, -0.1) is 23.5 Å². The van der Waals surface area contributed by atoms with Gasteiger partial charge in [0.05, 0.1) is 11.7 Å². The lowest BCUT2D eigenvalue weighted by atomic mass is 10.1. The number of benzene rings is 2. The van der Waals surface area contributed by atoms with Gasteiger partial charge < -0.3 is 9.64 Å². The number of ether oxygens (including phenoxy) is 1. The summed E-state index contributed by atoms with van der Waals surface area (Å²) in [7, 11) is 1.67. The maximum absolute atomic E-state index is 13.1. The third kappa shape index (κ3) is 4.64. The molecule has 0 bridgehead atoms. The third-order valence-corrected chi connectivity index (χ3v) is 8.03. The molecule has 27 heavy (non-hydrogen) atoms. The number of hydrogen-bond acceptors (Lipinski definition) is 4. The van der Waals surface area contributed by atoms with Gasteiger partial charge in [0, 0.05) is 18.2 Å². The Balaban J connectivity index is 1.46. The van der Waals surface area contributed by atoms with E-state index in [9.17, 15) is 4.79 Å². The number of hydrogen-bond donors (Lipinski definition) is 0. The highest BCUT2D eigenvalue weighted by molar-refractivity contribution is 8.16. The summed E-state index contributed by atoms with van der Waals surface area (Å²) in [6.45, 7) is 0.656. The highest BCUT2D eigenvalue weighted by atomic mass is 32.2. The number of amides is 1. The van der Waals surface area contributed by atoms with Gasteiger partial charge in [0.2, 0.25) is 0 Å². The first kappa shape index (κ1) is 18.8. The molecule has 0 aromatic heterocycles. The average molecular weight is 400 g/mol. The van der Waals surface area contributed by atoms with E-state index in [0.717, 1.165) is 29.7 Å². The first-order valence-corrected chi connectivity index (χ1v) is 11.6. The van der Waals surface area contributed by atoms with Crippen LogP contribution in [-0.2, 0) is 6.54 Å². The van der Waals surface area contributed by atoms with E-state index in [2.05, 4.69) is 12.1 Å². The molecule has 1 amide bonds. The molecule has 2 aliphatic rings. The van der Waals surface area contributed by atoms with Crippen LogP contribution in [0, 0.1) is 0 Å². The Morgan fingerprint density at radius 1 is 1.04 bits per heavy atom. The molecule has 1 saturated heterocycles. The quantitative estimate of drug-likeness (QED) is 0.653. The predicted molar refractivity (Wildman–Crippen MR) is 115 cm³/mol. The second kappa shape index (κ2) is 8.61. The molecule has 0 unspecified atom stereocenters.